The Balaban J connectivity index is 0.521. The minimum absolute atomic E-state index is 0.00193. The van der Waals surface area contributed by atoms with Crippen LogP contribution in [0.2, 0.25) is 0 Å². The lowest BCUT2D eigenvalue weighted by atomic mass is 9.81. The molecule has 4 aliphatic rings. The van der Waals surface area contributed by atoms with Crippen molar-refractivity contribution in [3.63, 3.8) is 0 Å². The van der Waals surface area contributed by atoms with Crippen molar-refractivity contribution in [2.75, 3.05) is 97.3 Å². The lowest BCUT2D eigenvalue weighted by Crippen LogP contribution is -2.52. The van der Waals surface area contributed by atoms with Crippen molar-refractivity contribution < 1.29 is 81.1 Å². The first-order valence-corrected chi connectivity index (χ1v) is 34.0. The smallest absolute Gasteiger partial charge is 0.343 e. The molecule has 0 radical (unpaired) electrons. The molecule has 0 saturated heterocycles. The molecule has 30 nitrogen and oxygen atoms in total. The Kier molecular flexibility index (Phi) is 24.5. The van der Waals surface area contributed by atoms with Crippen molar-refractivity contribution in [2.24, 2.45) is 0 Å². The Hall–Kier alpha value is -10.7. The molecule has 7 aromatic rings. The number of para-hydroxylation sites is 1. The third kappa shape index (κ3) is 17.6. The summed E-state index contributed by atoms with van der Waals surface area (Å²) in [4.78, 5) is 138. The van der Waals surface area contributed by atoms with Crippen molar-refractivity contribution in [1.29, 1.82) is 0 Å². The zero-order chi connectivity index (χ0) is 72.6. The molecule has 3 atom stereocenters. The number of nitrogens with one attached hydrogen (secondary N) is 8. The van der Waals surface area contributed by atoms with Crippen LogP contribution < -0.4 is 47.7 Å². The minimum Gasteiger partial charge on any atom is -0.458 e. The molecule has 31 heteroatoms. The highest BCUT2D eigenvalue weighted by molar-refractivity contribution is 6.01. The van der Waals surface area contributed by atoms with Gasteiger partial charge in [0, 0.05) is 65.9 Å². The van der Waals surface area contributed by atoms with Crippen LogP contribution in [0.15, 0.2) is 95.8 Å². The lowest BCUT2D eigenvalue weighted by Gasteiger charge is -2.31. The average molecular weight is 1420 g/mol. The quantitative estimate of drug-likeness (QED) is 0.0158. The predicted molar refractivity (Wildman–Crippen MR) is 367 cm³/mol. The fourth-order valence-corrected chi connectivity index (χ4v) is 12.9. The Morgan fingerprint density at radius 2 is 1.33 bits per heavy atom. The summed E-state index contributed by atoms with van der Waals surface area (Å²) in [6.07, 6.45) is 0.664. The molecule has 0 saturated carbocycles. The van der Waals surface area contributed by atoms with E-state index in [4.69, 9.17) is 33.4 Å². The number of fused-ring (bicyclic) bond motifs is 10. The monoisotopic (exact) mass is 1420 g/mol. The Bertz CT molecular complexity index is 4420. The summed E-state index contributed by atoms with van der Waals surface area (Å²) in [5.41, 5.74) is 6.36. The standard InChI is InChI=1S/C72H80FN13O17/c1-3-72(97)50-32-56-66-48(38-86(56)70(95)49(50)39-103-71(72)96)65-52(18-17-45-42(2)51(73)33-53(81-66)64(45)65)79-62(92)40-102-41-78-60(90)35-77-69(94)54(31-43-11-5-4-6-12-43)80-61(91)36-76-59(89)34-75-58(88)21-23-98-25-27-100-29-30-101-28-26-99-24-22-74-57(87)19-20-63(93)85-37-44-13-7-8-14-46(44)67-68(83-84-82-67)47-15-9-10-16-55(47)85/h4-16,32-33,52,54,97H,3,17-31,34-41H2,1-2H3,(H,74,87)(H,75,88)(H,76,89)(H,77,94)(H,78,90)(H,79,92)(H,80,91)(H,82,83,84). The molecule has 3 unspecified atom stereocenters. The molecular weight excluding hydrogens is 1340 g/mol. The third-order valence-electron chi connectivity index (χ3n) is 18.2. The predicted octanol–water partition coefficient (Wildman–Crippen LogP) is 2.15. The van der Waals surface area contributed by atoms with E-state index >= 15 is 4.39 Å². The van der Waals surface area contributed by atoms with E-state index in [1.54, 1.807) is 55.1 Å². The maximum atomic E-state index is 15.4. The van der Waals surface area contributed by atoms with Gasteiger partial charge in [0.15, 0.2) is 5.60 Å². The van der Waals surface area contributed by atoms with Gasteiger partial charge in [0.1, 0.15) is 43.2 Å². The number of hydrogen-bond acceptors (Lipinski definition) is 20. The molecule has 3 aromatic heterocycles. The van der Waals surface area contributed by atoms with Gasteiger partial charge in [-0.2, -0.15) is 15.4 Å². The van der Waals surface area contributed by atoms with E-state index in [9.17, 15) is 53.1 Å². The number of hydrogen-bond donors (Lipinski definition) is 9. The van der Waals surface area contributed by atoms with E-state index < -0.39 is 103 Å². The van der Waals surface area contributed by atoms with Gasteiger partial charge in [0.25, 0.3) is 5.56 Å². The number of anilines is 1. The molecule has 3 aliphatic heterocycles. The van der Waals surface area contributed by atoms with Crippen LogP contribution in [0, 0.1) is 12.7 Å². The number of ether oxygens (including phenoxy) is 6. The van der Waals surface area contributed by atoms with Gasteiger partial charge in [0.05, 0.1) is 120 Å². The molecule has 542 valence electrons. The second-order valence-corrected chi connectivity index (χ2v) is 24.9. The molecular formula is C72H80FN13O17. The number of esters is 1. The van der Waals surface area contributed by atoms with Gasteiger partial charge in [-0.1, -0.05) is 79.7 Å². The number of nitrogens with zero attached hydrogens (tertiary/aromatic N) is 5. The van der Waals surface area contributed by atoms with Gasteiger partial charge in [-0.05, 0) is 66.1 Å². The van der Waals surface area contributed by atoms with Crippen LogP contribution in [-0.4, -0.2) is 182 Å². The highest BCUT2D eigenvalue weighted by Gasteiger charge is 2.46. The van der Waals surface area contributed by atoms with E-state index in [0.717, 1.165) is 22.3 Å². The van der Waals surface area contributed by atoms with Gasteiger partial charge < -0.3 is 80.2 Å². The lowest BCUT2D eigenvalue weighted by molar-refractivity contribution is -0.172. The molecule has 1 aliphatic carbocycles. The number of H-pyrrole nitrogens is 1. The summed E-state index contributed by atoms with van der Waals surface area (Å²) >= 11 is 0. The van der Waals surface area contributed by atoms with Crippen LogP contribution in [0.4, 0.5) is 10.1 Å². The van der Waals surface area contributed by atoms with Crippen molar-refractivity contribution in [3.8, 4) is 33.9 Å². The molecule has 6 heterocycles. The average Bonchev–Trinajstić information content (AvgIpc) is 1.66. The third-order valence-corrected chi connectivity index (χ3v) is 18.2. The van der Waals surface area contributed by atoms with Gasteiger partial charge >= 0.3 is 5.97 Å². The molecule has 103 heavy (non-hydrogen) atoms. The second-order valence-electron chi connectivity index (χ2n) is 24.9. The number of benzene rings is 4. The van der Waals surface area contributed by atoms with E-state index in [2.05, 4.69) is 52.6 Å². The normalized spacial score (nSPS) is 15.5. The van der Waals surface area contributed by atoms with Crippen molar-refractivity contribution >= 4 is 69.8 Å². The fourth-order valence-electron chi connectivity index (χ4n) is 12.9. The summed E-state index contributed by atoms with van der Waals surface area (Å²) in [5, 5.41) is 41.8. The first-order valence-electron chi connectivity index (χ1n) is 34.0. The van der Waals surface area contributed by atoms with Crippen LogP contribution in [0.25, 0.3) is 44.8 Å². The zero-order valence-electron chi connectivity index (χ0n) is 56.9. The number of amides is 8. The Labute approximate surface area is 589 Å². The number of aliphatic hydroxyl groups is 1. The molecule has 0 spiro atoms. The van der Waals surface area contributed by atoms with Crippen molar-refractivity contribution in [3.05, 3.63) is 152 Å². The van der Waals surface area contributed by atoms with Crippen molar-refractivity contribution in [1.82, 2.24) is 62.2 Å². The second kappa shape index (κ2) is 34.3. The summed E-state index contributed by atoms with van der Waals surface area (Å²) < 4.78 is 49.7. The minimum atomic E-state index is -2.06. The number of pyridine rings is 2. The highest BCUT2D eigenvalue weighted by Crippen LogP contribution is 2.46. The van der Waals surface area contributed by atoms with Gasteiger partial charge in [-0.25, -0.2) is 14.2 Å². The Morgan fingerprint density at radius 3 is 2.09 bits per heavy atom. The number of aromatic amines is 1. The molecule has 11 rings (SSSR count). The maximum Gasteiger partial charge on any atom is 0.343 e. The van der Waals surface area contributed by atoms with Crippen LogP contribution in [0.3, 0.4) is 0 Å². The Morgan fingerprint density at radius 1 is 0.680 bits per heavy atom. The van der Waals surface area contributed by atoms with Crippen LogP contribution in [-0.2, 0) is 110 Å². The van der Waals surface area contributed by atoms with Gasteiger partial charge in [0.2, 0.25) is 47.3 Å². The number of cyclic esters (lactones) is 1. The van der Waals surface area contributed by atoms with Crippen LogP contribution in [0.5, 0.6) is 0 Å². The largest absolute Gasteiger partial charge is 0.458 e. The fraction of sp³-hybridized carbons (Fsp3) is 0.403. The van der Waals surface area contributed by atoms with E-state index in [0.29, 0.717) is 94.2 Å². The SMILES string of the molecule is CCC1(O)C(=O)OCc2c1cc1n(c2=O)Cc2c-1nc1cc(F)c(C)c3c1c2C(NC(=O)COCNC(=O)CNC(=O)C(Cc1ccccc1)NC(=O)CNC(=O)CNC(=O)CCOCCOCCOCCOCCNC(=O)CCC(=O)N1Cc2ccccc2-c2n[nH]nc2-c2ccccc21)CC3. The van der Waals surface area contributed by atoms with E-state index in [1.807, 2.05) is 48.5 Å². The number of rotatable bonds is 34. The first-order chi connectivity index (χ1) is 49.9. The summed E-state index contributed by atoms with van der Waals surface area (Å²) in [6, 6.07) is 25.0. The van der Waals surface area contributed by atoms with Gasteiger partial charge in [-0.3, -0.25) is 43.2 Å². The number of carbonyl (C=O) groups excluding carboxylic acids is 9. The summed E-state index contributed by atoms with van der Waals surface area (Å²) in [7, 11) is 0. The highest BCUT2D eigenvalue weighted by atomic mass is 19.1. The summed E-state index contributed by atoms with van der Waals surface area (Å²) in [5.74, 6) is -5.67. The van der Waals surface area contributed by atoms with Crippen molar-refractivity contribution in [2.45, 2.75) is 96.2 Å². The number of carbonyl (C=O) groups is 9. The maximum absolute atomic E-state index is 15.4. The number of aryl methyl sites for hydroxylation is 1. The van der Waals surface area contributed by atoms with E-state index in [1.165, 1.54) is 10.6 Å². The summed E-state index contributed by atoms with van der Waals surface area (Å²) in [6.45, 7) is 2.98. The van der Waals surface area contributed by atoms with E-state index in [-0.39, 0.29) is 114 Å². The number of aromatic nitrogens is 5. The van der Waals surface area contributed by atoms with Crippen LogP contribution in [0.1, 0.15) is 89.6 Å². The zero-order valence-corrected chi connectivity index (χ0v) is 56.9. The van der Waals surface area contributed by atoms with Gasteiger partial charge in [-0.15, -0.1) is 0 Å². The van der Waals surface area contributed by atoms with Crippen LogP contribution >= 0.6 is 0 Å². The molecule has 0 fully saturated rings. The molecule has 4 aromatic carbocycles. The molecule has 0 bridgehead atoms. The molecule has 9 N–H and O–H groups in total. The number of halogens is 1. The topological polar surface area (TPSA) is 393 Å². The molecule has 8 amide bonds. The first kappa shape index (κ1) is 73.5.